The number of carbonyl (C=O) groups excluding carboxylic acids is 1. The fourth-order valence-electron chi connectivity index (χ4n) is 2.71. The average molecular weight is 356 g/mol. The van der Waals surface area contributed by atoms with Gasteiger partial charge in [-0.2, -0.15) is 5.10 Å². The highest BCUT2D eigenvalue weighted by Crippen LogP contribution is 2.22. The van der Waals surface area contributed by atoms with Crippen LogP contribution in [-0.2, 0) is 11.3 Å². The summed E-state index contributed by atoms with van der Waals surface area (Å²) in [5, 5.41) is 9.66. The molecule has 1 atom stereocenters. The van der Waals surface area contributed by atoms with Crippen LogP contribution in [0.5, 0.6) is 0 Å². The number of fused-ring (bicyclic) bond motifs is 1. The Kier molecular flexibility index (Phi) is 5.25. The fourth-order valence-corrected chi connectivity index (χ4v) is 3.63. The summed E-state index contributed by atoms with van der Waals surface area (Å²) in [4.78, 5) is 27.5. The first-order valence-corrected chi connectivity index (χ1v) is 8.85. The minimum Gasteiger partial charge on any atom is -0.353 e. The smallest absolute Gasteiger partial charge is 0.241 e. The monoisotopic (exact) mass is 356 g/mol. The molecule has 0 aliphatic heterocycles. The Morgan fingerprint density at radius 3 is 2.80 bits per heavy atom. The summed E-state index contributed by atoms with van der Waals surface area (Å²) in [5.41, 5.74) is 0.519. The van der Waals surface area contributed by atoms with Crippen LogP contribution in [-0.4, -0.2) is 41.2 Å². The normalized spacial score (nSPS) is 12.4. The maximum absolute atomic E-state index is 12.4. The number of aromatic nitrogens is 2. The second kappa shape index (κ2) is 7.58. The number of amides is 1. The Hall–Kier alpha value is -2.51. The van der Waals surface area contributed by atoms with E-state index in [-0.39, 0.29) is 23.9 Å². The van der Waals surface area contributed by atoms with Gasteiger partial charge in [0, 0.05) is 16.8 Å². The van der Waals surface area contributed by atoms with Crippen molar-refractivity contribution in [2.45, 2.75) is 12.6 Å². The molecule has 1 aromatic carbocycles. The van der Waals surface area contributed by atoms with E-state index in [2.05, 4.69) is 21.4 Å². The highest BCUT2D eigenvalue weighted by molar-refractivity contribution is 7.10. The number of para-hydroxylation sites is 1. The molecule has 0 saturated carbocycles. The molecule has 0 bridgehead atoms. The van der Waals surface area contributed by atoms with Gasteiger partial charge in [0.15, 0.2) is 0 Å². The van der Waals surface area contributed by atoms with E-state index in [1.807, 2.05) is 31.6 Å². The number of thiophene rings is 1. The van der Waals surface area contributed by atoms with Crippen LogP contribution in [0.2, 0.25) is 0 Å². The van der Waals surface area contributed by atoms with Crippen molar-refractivity contribution in [3.63, 3.8) is 0 Å². The SMILES string of the molecule is CN(C)C(CNC(=O)Cn1ncc(=O)c2ccccc21)c1cccs1. The maximum Gasteiger partial charge on any atom is 0.241 e. The van der Waals surface area contributed by atoms with Gasteiger partial charge in [-0.15, -0.1) is 11.3 Å². The molecule has 0 spiro atoms. The first-order chi connectivity index (χ1) is 12.1. The number of benzene rings is 1. The van der Waals surface area contributed by atoms with Crippen LogP contribution in [0.3, 0.4) is 0 Å². The van der Waals surface area contributed by atoms with Gasteiger partial charge in [0.1, 0.15) is 6.54 Å². The first-order valence-electron chi connectivity index (χ1n) is 7.97. The number of likely N-dealkylation sites (N-methyl/N-ethyl adjacent to an activating group) is 1. The molecule has 25 heavy (non-hydrogen) atoms. The van der Waals surface area contributed by atoms with Gasteiger partial charge >= 0.3 is 0 Å². The van der Waals surface area contributed by atoms with Gasteiger partial charge in [-0.25, -0.2) is 0 Å². The second-order valence-electron chi connectivity index (χ2n) is 5.98. The molecule has 2 aromatic heterocycles. The van der Waals surface area contributed by atoms with Gasteiger partial charge in [-0.05, 0) is 37.7 Å². The molecule has 130 valence electrons. The van der Waals surface area contributed by atoms with Crippen LogP contribution in [0.25, 0.3) is 10.9 Å². The highest BCUT2D eigenvalue weighted by Gasteiger charge is 2.16. The Labute approximate surface area is 149 Å². The first kappa shape index (κ1) is 17.3. The Morgan fingerprint density at radius 1 is 1.28 bits per heavy atom. The summed E-state index contributed by atoms with van der Waals surface area (Å²) in [6.07, 6.45) is 1.25. The molecule has 0 aliphatic rings. The standard InChI is InChI=1S/C18H20N4O2S/c1-21(2)15(17-8-5-9-25-17)10-19-18(24)12-22-14-7-4-3-6-13(14)16(23)11-20-22/h3-9,11,15H,10,12H2,1-2H3,(H,19,24). The van der Waals surface area contributed by atoms with Crippen LogP contribution < -0.4 is 10.7 Å². The summed E-state index contributed by atoms with van der Waals surface area (Å²) < 4.78 is 1.56. The topological polar surface area (TPSA) is 67.2 Å². The van der Waals surface area contributed by atoms with Gasteiger partial charge < -0.3 is 10.2 Å². The number of nitrogens with one attached hydrogen (secondary N) is 1. The molecule has 0 saturated heterocycles. The molecule has 1 amide bonds. The van der Waals surface area contributed by atoms with E-state index in [4.69, 9.17) is 0 Å². The lowest BCUT2D eigenvalue weighted by atomic mass is 10.2. The number of nitrogens with zero attached hydrogens (tertiary/aromatic N) is 3. The zero-order valence-electron chi connectivity index (χ0n) is 14.2. The lowest BCUT2D eigenvalue weighted by Crippen LogP contribution is -2.36. The van der Waals surface area contributed by atoms with Crippen molar-refractivity contribution >= 4 is 28.1 Å². The largest absolute Gasteiger partial charge is 0.353 e. The lowest BCUT2D eigenvalue weighted by Gasteiger charge is -2.23. The molecule has 0 aliphatic carbocycles. The zero-order chi connectivity index (χ0) is 17.8. The fraction of sp³-hybridized carbons (Fsp3) is 0.278. The Morgan fingerprint density at radius 2 is 2.08 bits per heavy atom. The molecule has 0 fully saturated rings. The zero-order valence-corrected chi connectivity index (χ0v) is 15.0. The van der Waals surface area contributed by atoms with Crippen molar-refractivity contribution in [1.82, 2.24) is 20.0 Å². The highest BCUT2D eigenvalue weighted by atomic mass is 32.1. The minimum absolute atomic E-state index is 0.0748. The summed E-state index contributed by atoms with van der Waals surface area (Å²) in [5.74, 6) is -0.135. The molecule has 3 rings (SSSR count). The van der Waals surface area contributed by atoms with E-state index in [9.17, 15) is 9.59 Å². The van der Waals surface area contributed by atoms with Crippen molar-refractivity contribution < 1.29 is 4.79 Å². The van der Waals surface area contributed by atoms with E-state index >= 15 is 0 Å². The maximum atomic E-state index is 12.4. The van der Waals surface area contributed by atoms with Crippen LogP contribution >= 0.6 is 11.3 Å². The molecule has 2 heterocycles. The Bertz CT molecular complexity index is 918. The quantitative estimate of drug-likeness (QED) is 0.732. The van der Waals surface area contributed by atoms with Gasteiger partial charge in [0.2, 0.25) is 11.3 Å². The number of hydrogen-bond donors (Lipinski definition) is 1. The molecule has 7 heteroatoms. The molecule has 0 radical (unpaired) electrons. The minimum atomic E-state index is -0.141. The predicted molar refractivity (Wildman–Crippen MR) is 99.8 cm³/mol. The van der Waals surface area contributed by atoms with Gasteiger partial charge in [0.25, 0.3) is 0 Å². The third kappa shape index (κ3) is 3.94. The van der Waals surface area contributed by atoms with Crippen molar-refractivity contribution in [2.75, 3.05) is 20.6 Å². The molecule has 6 nitrogen and oxygen atoms in total. The molecule has 1 unspecified atom stereocenters. The summed E-state index contributed by atoms with van der Waals surface area (Å²) in [6, 6.07) is 11.4. The predicted octanol–water partition coefficient (Wildman–Crippen LogP) is 1.88. The number of carbonyl (C=O) groups is 1. The van der Waals surface area contributed by atoms with E-state index in [1.165, 1.54) is 11.1 Å². The Balaban J connectivity index is 1.71. The summed E-state index contributed by atoms with van der Waals surface area (Å²) in [7, 11) is 3.99. The third-order valence-electron chi connectivity index (χ3n) is 4.04. The molecule has 3 aromatic rings. The molecule has 1 N–H and O–H groups in total. The van der Waals surface area contributed by atoms with Crippen molar-refractivity contribution in [3.05, 3.63) is 63.1 Å². The van der Waals surface area contributed by atoms with Crippen LogP contribution in [0.15, 0.2) is 52.8 Å². The van der Waals surface area contributed by atoms with Crippen molar-refractivity contribution in [3.8, 4) is 0 Å². The average Bonchev–Trinajstić information content (AvgIpc) is 3.12. The van der Waals surface area contributed by atoms with Gasteiger partial charge in [0.05, 0.1) is 17.8 Å². The van der Waals surface area contributed by atoms with Crippen molar-refractivity contribution in [2.24, 2.45) is 0 Å². The van der Waals surface area contributed by atoms with Crippen LogP contribution in [0.4, 0.5) is 0 Å². The van der Waals surface area contributed by atoms with Crippen LogP contribution in [0.1, 0.15) is 10.9 Å². The van der Waals surface area contributed by atoms with Crippen molar-refractivity contribution in [1.29, 1.82) is 0 Å². The molecular weight excluding hydrogens is 336 g/mol. The van der Waals surface area contributed by atoms with E-state index in [1.54, 1.807) is 34.2 Å². The number of rotatable bonds is 6. The lowest BCUT2D eigenvalue weighted by molar-refractivity contribution is -0.122. The van der Waals surface area contributed by atoms with E-state index in [0.29, 0.717) is 17.4 Å². The van der Waals surface area contributed by atoms with E-state index in [0.717, 1.165) is 0 Å². The van der Waals surface area contributed by atoms with Gasteiger partial charge in [-0.3, -0.25) is 14.3 Å². The summed E-state index contributed by atoms with van der Waals surface area (Å²) >= 11 is 1.67. The summed E-state index contributed by atoms with van der Waals surface area (Å²) in [6.45, 7) is 0.593. The van der Waals surface area contributed by atoms with Gasteiger partial charge in [-0.1, -0.05) is 18.2 Å². The second-order valence-corrected chi connectivity index (χ2v) is 6.96. The van der Waals surface area contributed by atoms with Crippen LogP contribution in [0, 0.1) is 0 Å². The number of hydrogen-bond acceptors (Lipinski definition) is 5. The molecular formula is C18H20N4O2S. The third-order valence-corrected chi connectivity index (χ3v) is 5.02. The van der Waals surface area contributed by atoms with E-state index < -0.39 is 0 Å².